The second-order valence-electron chi connectivity index (χ2n) is 4.25. The second kappa shape index (κ2) is 8.00. The molecule has 0 aliphatic rings. The highest BCUT2D eigenvalue weighted by molar-refractivity contribution is 14.1. The van der Waals surface area contributed by atoms with E-state index in [9.17, 15) is 9.90 Å². The van der Waals surface area contributed by atoms with Crippen LogP contribution in [-0.4, -0.2) is 23.8 Å². The molecule has 0 radical (unpaired) electrons. The molecule has 0 bridgehead atoms. The highest BCUT2D eigenvalue weighted by Gasteiger charge is 2.02. The van der Waals surface area contributed by atoms with Crippen molar-refractivity contribution in [3.63, 3.8) is 0 Å². The molecule has 0 saturated carbocycles. The van der Waals surface area contributed by atoms with Crippen LogP contribution in [0.3, 0.4) is 0 Å². The number of aromatic hydroxyl groups is 1. The third kappa shape index (κ3) is 5.19. The lowest BCUT2D eigenvalue weighted by Crippen LogP contribution is -2.24. The van der Waals surface area contributed by atoms with Gasteiger partial charge in [-0.05, 0) is 64.6 Å². The molecule has 2 N–H and O–H groups in total. The monoisotopic (exact) mass is 430 g/mol. The number of nitrogens with zero attached hydrogens (tertiary/aromatic N) is 1. The number of hydrogen-bond acceptors (Lipinski definition) is 4. The number of nitrogens with one attached hydrogen (secondary N) is 1. The van der Waals surface area contributed by atoms with Crippen molar-refractivity contribution >= 4 is 46.3 Å². The number of phenols is 1. The third-order valence-corrected chi connectivity index (χ3v) is 3.64. The Labute approximate surface area is 146 Å². The Bertz CT molecular complexity index is 707. The first-order valence-corrected chi connectivity index (χ1v) is 7.69. The SMILES string of the molecule is O=C(COc1cccc(Cl)c1)N/N=C\c1ccc(O)c(I)c1. The van der Waals surface area contributed by atoms with Crippen molar-refractivity contribution in [3.05, 3.63) is 56.6 Å². The number of benzene rings is 2. The summed E-state index contributed by atoms with van der Waals surface area (Å²) in [5.74, 6) is 0.334. The average molecular weight is 431 g/mol. The third-order valence-electron chi connectivity index (χ3n) is 2.54. The number of halogens is 2. The molecule has 0 aliphatic carbocycles. The topological polar surface area (TPSA) is 70.9 Å². The molecule has 0 atom stereocenters. The smallest absolute Gasteiger partial charge is 0.277 e. The van der Waals surface area contributed by atoms with Gasteiger partial charge in [-0.15, -0.1) is 0 Å². The van der Waals surface area contributed by atoms with Gasteiger partial charge in [-0.2, -0.15) is 5.10 Å². The van der Waals surface area contributed by atoms with E-state index < -0.39 is 0 Å². The first-order chi connectivity index (χ1) is 10.5. The van der Waals surface area contributed by atoms with Crippen LogP contribution in [0.25, 0.3) is 0 Å². The maximum atomic E-state index is 11.6. The van der Waals surface area contributed by atoms with Crippen LogP contribution in [0.5, 0.6) is 11.5 Å². The molecule has 7 heteroatoms. The number of carbonyl (C=O) groups is 1. The molecule has 0 spiro atoms. The van der Waals surface area contributed by atoms with Crippen molar-refractivity contribution in [1.82, 2.24) is 5.43 Å². The van der Waals surface area contributed by atoms with E-state index in [1.165, 1.54) is 6.21 Å². The van der Waals surface area contributed by atoms with Gasteiger partial charge in [-0.3, -0.25) is 4.79 Å². The first kappa shape index (κ1) is 16.6. The molecule has 0 aliphatic heterocycles. The summed E-state index contributed by atoms with van der Waals surface area (Å²) < 4.78 is 5.99. The van der Waals surface area contributed by atoms with Crippen molar-refractivity contribution in [3.8, 4) is 11.5 Å². The molecule has 2 aromatic carbocycles. The van der Waals surface area contributed by atoms with Crippen molar-refractivity contribution < 1.29 is 14.6 Å². The first-order valence-electron chi connectivity index (χ1n) is 6.23. The average Bonchev–Trinajstić information content (AvgIpc) is 2.49. The Morgan fingerprint density at radius 2 is 2.18 bits per heavy atom. The van der Waals surface area contributed by atoms with Crippen LogP contribution < -0.4 is 10.2 Å². The zero-order valence-electron chi connectivity index (χ0n) is 11.3. The van der Waals surface area contributed by atoms with Gasteiger partial charge in [0.15, 0.2) is 6.61 Å². The highest BCUT2D eigenvalue weighted by atomic mass is 127. The molecular formula is C15H12ClIN2O3. The summed E-state index contributed by atoms with van der Waals surface area (Å²) >= 11 is 7.82. The predicted molar refractivity (Wildman–Crippen MR) is 93.5 cm³/mol. The molecule has 5 nitrogen and oxygen atoms in total. The van der Waals surface area contributed by atoms with Gasteiger partial charge < -0.3 is 9.84 Å². The van der Waals surface area contributed by atoms with Crippen LogP contribution >= 0.6 is 34.2 Å². The summed E-state index contributed by atoms with van der Waals surface area (Å²) in [5, 5.41) is 13.8. The largest absolute Gasteiger partial charge is 0.507 e. The fourth-order valence-corrected chi connectivity index (χ4v) is 2.24. The van der Waals surface area contributed by atoms with E-state index in [1.54, 1.807) is 42.5 Å². The Balaban J connectivity index is 1.82. The lowest BCUT2D eigenvalue weighted by molar-refractivity contribution is -0.123. The zero-order valence-corrected chi connectivity index (χ0v) is 14.2. The summed E-state index contributed by atoms with van der Waals surface area (Å²) in [6.45, 7) is -0.162. The molecule has 22 heavy (non-hydrogen) atoms. The second-order valence-corrected chi connectivity index (χ2v) is 5.85. The molecule has 0 aromatic heterocycles. The minimum atomic E-state index is -0.385. The van der Waals surface area contributed by atoms with Crippen LogP contribution in [0.4, 0.5) is 0 Å². The summed E-state index contributed by atoms with van der Waals surface area (Å²) in [6.07, 6.45) is 1.49. The van der Waals surface area contributed by atoms with Gasteiger partial charge >= 0.3 is 0 Å². The van der Waals surface area contributed by atoms with Gasteiger partial charge in [0.1, 0.15) is 11.5 Å². The summed E-state index contributed by atoms with van der Waals surface area (Å²) in [4.78, 5) is 11.6. The predicted octanol–water partition coefficient (Wildman–Crippen LogP) is 3.18. The molecule has 0 unspecified atom stereocenters. The molecule has 1 amide bonds. The highest BCUT2D eigenvalue weighted by Crippen LogP contribution is 2.19. The molecule has 0 heterocycles. The molecular weight excluding hydrogens is 419 g/mol. The van der Waals surface area contributed by atoms with E-state index in [-0.39, 0.29) is 18.3 Å². The number of rotatable bonds is 5. The normalized spacial score (nSPS) is 10.6. The molecule has 114 valence electrons. The van der Waals surface area contributed by atoms with Crippen LogP contribution in [0.2, 0.25) is 5.02 Å². The van der Waals surface area contributed by atoms with Crippen molar-refractivity contribution in [2.45, 2.75) is 0 Å². The van der Waals surface area contributed by atoms with Crippen LogP contribution in [-0.2, 0) is 4.79 Å². The Kier molecular flexibility index (Phi) is 6.02. The number of ether oxygens (including phenoxy) is 1. The van der Waals surface area contributed by atoms with Gasteiger partial charge in [-0.25, -0.2) is 5.43 Å². The number of amides is 1. The van der Waals surface area contributed by atoms with Crippen LogP contribution in [0.15, 0.2) is 47.6 Å². The van der Waals surface area contributed by atoms with Gasteiger partial charge in [0.2, 0.25) is 0 Å². The fourth-order valence-electron chi connectivity index (χ4n) is 1.52. The van der Waals surface area contributed by atoms with Crippen LogP contribution in [0.1, 0.15) is 5.56 Å². The van der Waals surface area contributed by atoms with E-state index in [4.69, 9.17) is 16.3 Å². The maximum absolute atomic E-state index is 11.6. The minimum Gasteiger partial charge on any atom is -0.507 e. The number of hydrogen-bond donors (Lipinski definition) is 2. The lowest BCUT2D eigenvalue weighted by Gasteiger charge is -2.05. The van der Waals surface area contributed by atoms with E-state index in [2.05, 4.69) is 10.5 Å². The van der Waals surface area contributed by atoms with E-state index in [1.807, 2.05) is 22.6 Å². The number of phenolic OH excluding ortho intramolecular Hbond substituents is 1. The Hall–Kier alpha value is -1.80. The lowest BCUT2D eigenvalue weighted by atomic mass is 10.2. The Morgan fingerprint density at radius 1 is 1.36 bits per heavy atom. The van der Waals surface area contributed by atoms with Gasteiger partial charge in [0.05, 0.1) is 9.78 Å². The van der Waals surface area contributed by atoms with E-state index >= 15 is 0 Å². The number of hydrazone groups is 1. The zero-order chi connectivity index (χ0) is 15.9. The molecule has 0 fully saturated rings. The van der Waals surface area contributed by atoms with Crippen molar-refractivity contribution in [1.29, 1.82) is 0 Å². The van der Waals surface area contributed by atoms with Crippen molar-refractivity contribution in [2.75, 3.05) is 6.61 Å². The van der Waals surface area contributed by atoms with Gasteiger partial charge in [0.25, 0.3) is 5.91 Å². The van der Waals surface area contributed by atoms with E-state index in [0.717, 1.165) is 5.56 Å². The fraction of sp³-hybridized carbons (Fsp3) is 0.0667. The van der Waals surface area contributed by atoms with Crippen LogP contribution in [0, 0.1) is 3.57 Å². The maximum Gasteiger partial charge on any atom is 0.277 e. The van der Waals surface area contributed by atoms with Gasteiger partial charge in [0, 0.05) is 5.02 Å². The molecule has 2 rings (SSSR count). The summed E-state index contributed by atoms with van der Waals surface area (Å²) in [6, 6.07) is 11.8. The number of carbonyl (C=O) groups excluding carboxylic acids is 1. The minimum absolute atomic E-state index is 0.162. The quantitative estimate of drug-likeness (QED) is 0.435. The molecule has 0 saturated heterocycles. The Morgan fingerprint density at radius 3 is 2.91 bits per heavy atom. The molecule has 2 aromatic rings. The van der Waals surface area contributed by atoms with Gasteiger partial charge in [-0.1, -0.05) is 17.7 Å². The standard InChI is InChI=1S/C15H12ClIN2O3/c16-11-2-1-3-12(7-11)22-9-15(21)19-18-8-10-4-5-14(20)13(17)6-10/h1-8,20H,9H2,(H,19,21)/b18-8-. The van der Waals surface area contributed by atoms with Crippen molar-refractivity contribution in [2.24, 2.45) is 5.10 Å². The summed E-state index contributed by atoms with van der Waals surface area (Å²) in [7, 11) is 0. The summed E-state index contributed by atoms with van der Waals surface area (Å²) in [5.41, 5.74) is 3.12. The van der Waals surface area contributed by atoms with E-state index in [0.29, 0.717) is 14.3 Å².